The van der Waals surface area contributed by atoms with Crippen LogP contribution < -0.4 is 28.6 Å². The first kappa shape index (κ1) is 77.8. The Balaban J connectivity index is 0.000000150. The molecule has 4 saturated heterocycles. The van der Waals surface area contributed by atoms with Crippen molar-refractivity contribution in [3.63, 3.8) is 0 Å². The third-order valence-electron chi connectivity index (χ3n) is 18.1. The molecule has 0 bridgehead atoms. The minimum Gasteiger partial charge on any atom is -0.507 e. The van der Waals surface area contributed by atoms with Crippen LogP contribution in [0.25, 0.3) is 0 Å². The number of nitrogens with zero attached hydrogens (tertiary/aromatic N) is 4. The molecule has 542 valence electrons. The van der Waals surface area contributed by atoms with Crippen molar-refractivity contribution in [1.82, 2.24) is 15.0 Å². The highest BCUT2D eigenvalue weighted by Gasteiger charge is 2.37. The molecule has 104 heavy (non-hydrogen) atoms. The van der Waals surface area contributed by atoms with Crippen LogP contribution in [-0.4, -0.2) is 124 Å². The number of hydrogen-bond donors (Lipinski definition) is 1. The largest absolute Gasteiger partial charge is 0.507 e. The maximum absolute atomic E-state index is 11.8. The number of ether oxygens (including phenoxy) is 5. The number of Topliss-reactive ketones (excluding diaryl/α,β-unsaturated/α-hetero) is 4. The monoisotopic (exact) mass is 1500 g/mol. The minimum atomic E-state index is -0.459. The molecule has 1 N–H and O–H groups in total. The van der Waals surface area contributed by atoms with Gasteiger partial charge < -0.3 is 33.7 Å². The third-order valence-corrected chi connectivity index (χ3v) is 22.9. The normalized spacial score (nSPS) is 18.9. The molecule has 0 aliphatic carbocycles. The molecule has 0 spiro atoms. The molecule has 5 aliphatic heterocycles. The van der Waals surface area contributed by atoms with Gasteiger partial charge >= 0.3 is 0 Å². The Hall–Kier alpha value is -8.80. The van der Waals surface area contributed by atoms with Crippen LogP contribution in [0.3, 0.4) is 0 Å². The van der Waals surface area contributed by atoms with E-state index in [1.54, 1.807) is 30.6 Å². The van der Waals surface area contributed by atoms with E-state index in [2.05, 4.69) is 34.9 Å². The highest BCUT2D eigenvalue weighted by atomic mass is 35.5. The third kappa shape index (κ3) is 22.1. The molecule has 0 amide bonds. The molecule has 3 aromatic heterocycles. The van der Waals surface area contributed by atoms with Crippen molar-refractivity contribution in [1.29, 1.82) is 0 Å². The molecular formula is C81H83ClN4O14S4. The highest BCUT2D eigenvalue weighted by Crippen LogP contribution is 2.44. The lowest BCUT2D eigenvalue weighted by Crippen LogP contribution is -2.42. The number of ketones is 4. The van der Waals surface area contributed by atoms with Crippen molar-refractivity contribution in [2.75, 3.05) is 38.3 Å². The molecule has 18 nitrogen and oxygen atoms in total. The first-order chi connectivity index (χ1) is 49.9. The first-order valence-electron chi connectivity index (χ1n) is 34.4. The molecule has 23 heteroatoms. The van der Waals surface area contributed by atoms with E-state index in [1.165, 1.54) is 5.56 Å². The molecule has 5 atom stereocenters. The summed E-state index contributed by atoms with van der Waals surface area (Å²) in [5.74, 6) is 5.56. The fourth-order valence-electron chi connectivity index (χ4n) is 11.8. The van der Waals surface area contributed by atoms with Crippen molar-refractivity contribution in [2.24, 2.45) is 0 Å². The number of anilines is 1. The summed E-state index contributed by atoms with van der Waals surface area (Å²) in [5, 5.41) is 9.71. The number of rotatable bonds is 23. The summed E-state index contributed by atoms with van der Waals surface area (Å²) < 4.78 is 29.7. The zero-order valence-electron chi connectivity index (χ0n) is 59.1. The number of aromatic nitrogens is 3. The Labute approximate surface area is 628 Å². The van der Waals surface area contributed by atoms with E-state index < -0.39 is 5.60 Å². The second-order valence-corrected chi connectivity index (χ2v) is 31.7. The van der Waals surface area contributed by atoms with Crippen LogP contribution in [0.5, 0.6) is 40.4 Å². The zero-order chi connectivity index (χ0) is 74.0. The van der Waals surface area contributed by atoms with E-state index >= 15 is 0 Å². The molecule has 13 rings (SSSR count). The maximum Gasteiger partial charge on any atom is 0.238 e. The number of likely N-dealkylation sites (N-methyl/N-ethyl adjacent to an activating group) is 1. The molecule has 0 saturated carbocycles. The van der Waals surface area contributed by atoms with Gasteiger partial charge in [-0.15, -0.1) is 0 Å². The lowest BCUT2D eigenvalue weighted by molar-refractivity contribution is -0.122. The van der Waals surface area contributed by atoms with Gasteiger partial charge in [-0.1, -0.05) is 126 Å². The SMILES string of the molecule is CCc1ccc(CCOc2ccc(CC3SC(=O)CC3=O)cc2)nc1.CN(CCOc1ccc(CC2SC(=O)CC2=O)cc1)c1ccccn1.Cc1c(C)c2c(c(C)c1O)CCC(C)(COc1ccc(CC3SC(=O)CC3=O)cc1)O2.Cc1cnc(Oc2ccc(CC3SC(=O)CC3=O)cc2)c(Cl)c1. The van der Waals surface area contributed by atoms with Gasteiger partial charge in [0.1, 0.15) is 64.2 Å². The smallest absolute Gasteiger partial charge is 0.238 e. The lowest BCUT2D eigenvalue weighted by atomic mass is 9.87. The molecule has 8 heterocycles. The number of thioether (sulfide) groups is 4. The summed E-state index contributed by atoms with van der Waals surface area (Å²) >= 11 is 10.7. The van der Waals surface area contributed by atoms with E-state index in [0.717, 1.165) is 164 Å². The number of phenolic OH excluding ortho intramolecular Hbond substituents is 1. The topological polar surface area (TPSA) is 245 Å². The van der Waals surface area contributed by atoms with Crippen molar-refractivity contribution in [2.45, 2.75) is 145 Å². The standard InChI is InChI=1S/C25H28O5S.C20H21NO3S.C19H20N2O3S.C17H14ClNO3S/c1-14-15(2)24-19(16(3)23(14)28)9-10-25(4,30-24)13-29-18-7-5-17(6-8-18)11-21-20(26)12-22(27)31-21;1-2-14-3-6-16(21-13-14)9-10-24-17-7-4-15(5-8-17)11-19-18(22)12-20(23)25-19;1-21(18-4-2-3-9-20-18)10-11-24-15-7-5-14(6-8-15)12-17-16(22)13-19(23)25-17;1-10-6-13(18)17(19-9-10)22-12-4-2-11(3-5-12)7-15-14(20)8-16(21)23-15/h5-8,21,28H,9-13H2,1-4H3;3-8,13,19H,2,9-12H2,1H3;2-9,17H,10-13H2,1H3;2-6,9,15H,7-8H2,1H3. The van der Waals surface area contributed by atoms with Crippen LogP contribution in [0.2, 0.25) is 5.02 Å². The fourth-order valence-corrected chi connectivity index (χ4v) is 16.2. The summed E-state index contributed by atoms with van der Waals surface area (Å²) in [5.41, 5.74) is 10.7. The van der Waals surface area contributed by atoms with Crippen LogP contribution >= 0.6 is 58.6 Å². The van der Waals surface area contributed by atoms with E-state index in [9.17, 15) is 43.5 Å². The predicted octanol–water partition coefficient (Wildman–Crippen LogP) is 14.8. The van der Waals surface area contributed by atoms with Crippen molar-refractivity contribution in [3.05, 3.63) is 218 Å². The Kier molecular flexibility index (Phi) is 27.5. The van der Waals surface area contributed by atoms with Gasteiger partial charge in [0.25, 0.3) is 0 Å². The fraction of sp³-hybridized carbons (Fsp3) is 0.346. The van der Waals surface area contributed by atoms with Crippen LogP contribution in [0.1, 0.15) is 107 Å². The van der Waals surface area contributed by atoms with Crippen molar-refractivity contribution < 1.29 is 67.1 Å². The molecule has 5 aliphatic rings. The van der Waals surface area contributed by atoms with Gasteiger partial charge in [-0.2, -0.15) is 0 Å². The van der Waals surface area contributed by atoms with Gasteiger partial charge in [0, 0.05) is 43.3 Å². The van der Waals surface area contributed by atoms with E-state index in [-0.39, 0.29) is 90.3 Å². The van der Waals surface area contributed by atoms with Crippen LogP contribution in [0, 0.1) is 27.7 Å². The average molecular weight is 1500 g/mol. The van der Waals surface area contributed by atoms with Gasteiger partial charge in [-0.05, 0) is 202 Å². The maximum atomic E-state index is 11.8. The zero-order valence-corrected chi connectivity index (χ0v) is 63.1. The van der Waals surface area contributed by atoms with E-state index in [1.807, 2.05) is 155 Å². The molecule has 5 unspecified atom stereocenters. The summed E-state index contributed by atoms with van der Waals surface area (Å²) in [6.45, 7) is 14.2. The van der Waals surface area contributed by atoms with E-state index in [4.69, 9.17) is 35.3 Å². The van der Waals surface area contributed by atoms with Gasteiger partial charge in [-0.25, -0.2) is 9.97 Å². The Morgan fingerprint density at radius 2 is 1.01 bits per heavy atom. The lowest BCUT2D eigenvalue weighted by Gasteiger charge is -2.37. The second kappa shape index (κ2) is 36.8. The van der Waals surface area contributed by atoms with Gasteiger partial charge in [0.2, 0.25) is 5.88 Å². The number of carbonyl (C=O) groups is 8. The van der Waals surface area contributed by atoms with Crippen LogP contribution in [-0.2, 0) is 83.3 Å². The average Bonchev–Trinajstić information content (AvgIpc) is 0.986. The number of carbonyl (C=O) groups excluding carboxylic acids is 8. The number of aromatic hydroxyl groups is 1. The number of fused-ring (bicyclic) bond motifs is 1. The van der Waals surface area contributed by atoms with Crippen LogP contribution in [0.15, 0.2) is 152 Å². The quantitative estimate of drug-likeness (QED) is 0.0585. The first-order valence-corrected chi connectivity index (χ1v) is 38.3. The summed E-state index contributed by atoms with van der Waals surface area (Å²) in [6, 6.07) is 42.3. The van der Waals surface area contributed by atoms with Gasteiger partial charge in [0.05, 0.1) is 59.8 Å². The number of aryl methyl sites for hydroxylation is 2. The van der Waals surface area contributed by atoms with Gasteiger partial charge in [-0.3, -0.25) is 43.3 Å². The number of benzene rings is 5. The Bertz CT molecular complexity index is 4400. The number of halogens is 1. The molecule has 8 aromatic rings. The summed E-state index contributed by atoms with van der Waals surface area (Å²) in [6.07, 6.45) is 11.3. The van der Waals surface area contributed by atoms with E-state index in [0.29, 0.717) is 67.9 Å². The molecular weight excluding hydrogens is 1420 g/mol. The Morgan fingerprint density at radius 1 is 0.548 bits per heavy atom. The number of pyridine rings is 3. The molecule has 0 radical (unpaired) electrons. The van der Waals surface area contributed by atoms with Crippen LogP contribution in [0.4, 0.5) is 5.82 Å². The van der Waals surface area contributed by atoms with Crippen molar-refractivity contribution >= 4 is 108 Å². The summed E-state index contributed by atoms with van der Waals surface area (Å²) in [4.78, 5) is 107. The highest BCUT2D eigenvalue weighted by molar-refractivity contribution is 8.16. The number of hydrogen-bond acceptors (Lipinski definition) is 22. The molecule has 4 fully saturated rings. The minimum absolute atomic E-state index is 0.0102. The summed E-state index contributed by atoms with van der Waals surface area (Å²) in [7, 11) is 1.98. The second-order valence-electron chi connectivity index (χ2n) is 26.2. The van der Waals surface area contributed by atoms with Crippen molar-refractivity contribution in [3.8, 4) is 40.4 Å². The number of phenols is 1. The van der Waals surface area contributed by atoms with Gasteiger partial charge in [0.15, 0.2) is 43.6 Å². The predicted molar refractivity (Wildman–Crippen MR) is 410 cm³/mol. The Morgan fingerprint density at radius 3 is 1.43 bits per heavy atom. The molecule has 5 aromatic carbocycles.